The summed E-state index contributed by atoms with van der Waals surface area (Å²) in [4.78, 5) is 10.7. The number of hydrogen-bond donors (Lipinski definition) is 2. The molecule has 0 saturated heterocycles. The summed E-state index contributed by atoms with van der Waals surface area (Å²) in [5.74, 6) is -1.39. The van der Waals surface area contributed by atoms with Crippen LogP contribution in [0.3, 0.4) is 0 Å². The highest BCUT2D eigenvalue weighted by Gasteiger charge is 2.08. The van der Waals surface area contributed by atoms with Gasteiger partial charge in [0.1, 0.15) is 6.61 Å². The van der Waals surface area contributed by atoms with E-state index in [9.17, 15) is 9.18 Å². The molecule has 1 aromatic carbocycles. The van der Waals surface area contributed by atoms with Crippen molar-refractivity contribution in [3.05, 3.63) is 29.6 Å². The van der Waals surface area contributed by atoms with E-state index in [1.165, 1.54) is 19.1 Å². The van der Waals surface area contributed by atoms with E-state index in [1.54, 1.807) is 0 Å². The van der Waals surface area contributed by atoms with Crippen molar-refractivity contribution in [2.45, 2.75) is 13.0 Å². The lowest BCUT2D eigenvalue weighted by Gasteiger charge is -2.09. The molecule has 1 amide bonds. The topological polar surface area (TPSA) is 72.6 Å². The van der Waals surface area contributed by atoms with Gasteiger partial charge in [0.25, 0.3) is 0 Å². The fourth-order valence-corrected chi connectivity index (χ4v) is 0.982. The summed E-state index contributed by atoms with van der Waals surface area (Å²) < 4.78 is 18.2. The number of primary amides is 1. The van der Waals surface area contributed by atoms with E-state index in [-0.39, 0.29) is 17.9 Å². The second-order valence-corrected chi connectivity index (χ2v) is 3.17. The van der Waals surface area contributed by atoms with Crippen LogP contribution in [0.2, 0.25) is 0 Å². The summed E-state index contributed by atoms with van der Waals surface area (Å²) in [7, 11) is 0. The number of halogens is 1. The number of aliphatic hydroxyl groups excluding tert-OH is 1. The predicted molar refractivity (Wildman–Crippen MR) is 52.1 cm³/mol. The highest BCUT2D eigenvalue weighted by Crippen LogP contribution is 2.18. The average Bonchev–Trinajstić information content (AvgIpc) is 2.15. The van der Waals surface area contributed by atoms with Gasteiger partial charge in [-0.05, 0) is 25.1 Å². The first-order valence-corrected chi connectivity index (χ1v) is 4.41. The maximum atomic E-state index is 13.2. The molecule has 0 aliphatic heterocycles. The van der Waals surface area contributed by atoms with Gasteiger partial charge in [-0.25, -0.2) is 4.39 Å². The number of ether oxygens (including phenoxy) is 1. The fraction of sp³-hybridized carbons (Fsp3) is 0.300. The number of carbonyl (C=O) groups is 1. The second-order valence-electron chi connectivity index (χ2n) is 3.17. The summed E-state index contributed by atoms with van der Waals surface area (Å²) in [6.45, 7) is 1.52. The molecule has 1 aromatic rings. The van der Waals surface area contributed by atoms with E-state index < -0.39 is 17.8 Å². The molecule has 0 unspecified atom stereocenters. The van der Waals surface area contributed by atoms with Crippen molar-refractivity contribution in [3.63, 3.8) is 0 Å². The maximum Gasteiger partial charge on any atom is 0.248 e. The number of aliphatic hydroxyl groups is 1. The van der Waals surface area contributed by atoms with Crippen LogP contribution in [0, 0.1) is 5.82 Å². The number of nitrogens with two attached hydrogens (primary N) is 1. The van der Waals surface area contributed by atoms with Crippen LogP contribution >= 0.6 is 0 Å². The summed E-state index contributed by atoms with van der Waals surface area (Å²) in [5, 5.41) is 8.93. The maximum absolute atomic E-state index is 13.2. The van der Waals surface area contributed by atoms with Crippen molar-refractivity contribution < 1.29 is 19.0 Å². The highest BCUT2D eigenvalue weighted by atomic mass is 19.1. The van der Waals surface area contributed by atoms with Crippen LogP contribution in [-0.4, -0.2) is 23.7 Å². The van der Waals surface area contributed by atoms with Crippen molar-refractivity contribution in [1.29, 1.82) is 0 Å². The van der Waals surface area contributed by atoms with Gasteiger partial charge in [-0.1, -0.05) is 0 Å². The zero-order valence-corrected chi connectivity index (χ0v) is 8.24. The third kappa shape index (κ3) is 3.21. The first-order valence-electron chi connectivity index (χ1n) is 4.41. The summed E-state index contributed by atoms with van der Waals surface area (Å²) in [6, 6.07) is 3.67. The Hall–Kier alpha value is -1.62. The largest absolute Gasteiger partial charge is 0.488 e. The van der Waals surface area contributed by atoms with Gasteiger partial charge >= 0.3 is 0 Å². The lowest BCUT2D eigenvalue weighted by atomic mass is 10.2. The van der Waals surface area contributed by atoms with Gasteiger partial charge in [0, 0.05) is 5.56 Å². The molecule has 5 heteroatoms. The molecule has 0 bridgehead atoms. The van der Waals surface area contributed by atoms with Gasteiger partial charge in [-0.3, -0.25) is 4.79 Å². The Morgan fingerprint density at radius 2 is 2.33 bits per heavy atom. The van der Waals surface area contributed by atoms with Crippen molar-refractivity contribution >= 4 is 5.91 Å². The van der Waals surface area contributed by atoms with Crippen LogP contribution in [0.4, 0.5) is 4.39 Å². The quantitative estimate of drug-likeness (QED) is 0.772. The first-order chi connectivity index (χ1) is 7.00. The number of amides is 1. The van der Waals surface area contributed by atoms with Gasteiger partial charge < -0.3 is 15.6 Å². The predicted octanol–water partition coefficient (Wildman–Crippen LogP) is 0.684. The number of carbonyl (C=O) groups excluding carboxylic acids is 1. The molecule has 1 atom stereocenters. The van der Waals surface area contributed by atoms with E-state index in [2.05, 4.69) is 0 Å². The molecule has 4 nitrogen and oxygen atoms in total. The van der Waals surface area contributed by atoms with Gasteiger partial charge in [0.05, 0.1) is 6.10 Å². The molecule has 0 heterocycles. The van der Waals surface area contributed by atoms with Crippen LogP contribution in [0.25, 0.3) is 0 Å². The molecule has 0 spiro atoms. The Morgan fingerprint density at radius 3 is 2.80 bits per heavy atom. The minimum atomic E-state index is -0.698. The zero-order valence-electron chi connectivity index (χ0n) is 8.24. The summed E-state index contributed by atoms with van der Waals surface area (Å²) >= 11 is 0. The van der Waals surface area contributed by atoms with Crippen molar-refractivity contribution in [2.24, 2.45) is 5.73 Å². The zero-order chi connectivity index (χ0) is 11.4. The van der Waals surface area contributed by atoms with Crippen LogP contribution in [0.5, 0.6) is 5.75 Å². The number of rotatable bonds is 4. The lowest BCUT2D eigenvalue weighted by Crippen LogP contribution is -2.14. The van der Waals surface area contributed by atoms with Crippen LogP contribution in [0.1, 0.15) is 17.3 Å². The molecule has 1 rings (SSSR count). The number of hydrogen-bond acceptors (Lipinski definition) is 3. The third-order valence-corrected chi connectivity index (χ3v) is 1.70. The Labute approximate surface area is 86.5 Å². The summed E-state index contributed by atoms with van der Waals surface area (Å²) in [5.41, 5.74) is 5.05. The standard InChI is InChI=1S/C10H12FNO3/c1-6(13)5-15-9-3-2-7(10(12)14)4-8(9)11/h2-4,6,13H,5H2,1H3,(H2,12,14)/t6-/m0/s1. The molecule has 0 aliphatic carbocycles. The molecule has 0 saturated carbocycles. The highest BCUT2D eigenvalue weighted by molar-refractivity contribution is 5.92. The number of benzene rings is 1. The minimum Gasteiger partial charge on any atom is -0.488 e. The van der Waals surface area contributed by atoms with Crippen molar-refractivity contribution in [3.8, 4) is 5.75 Å². The Balaban J connectivity index is 2.79. The fourth-order valence-electron chi connectivity index (χ4n) is 0.982. The molecule has 3 N–H and O–H groups in total. The van der Waals surface area contributed by atoms with E-state index in [1.807, 2.05) is 0 Å². The average molecular weight is 213 g/mol. The van der Waals surface area contributed by atoms with Gasteiger partial charge in [-0.15, -0.1) is 0 Å². The monoisotopic (exact) mass is 213 g/mol. The molecule has 0 aliphatic rings. The Bertz CT molecular complexity index is 366. The lowest BCUT2D eigenvalue weighted by molar-refractivity contribution is 0.0998. The normalized spacial score (nSPS) is 12.2. The van der Waals surface area contributed by atoms with E-state index in [4.69, 9.17) is 15.6 Å². The van der Waals surface area contributed by atoms with Gasteiger partial charge in [-0.2, -0.15) is 0 Å². The molecular formula is C10H12FNO3. The van der Waals surface area contributed by atoms with E-state index in [0.29, 0.717) is 0 Å². The molecular weight excluding hydrogens is 201 g/mol. The molecule has 0 fully saturated rings. The second kappa shape index (κ2) is 4.75. The molecule has 0 aromatic heterocycles. The molecule has 82 valence electrons. The van der Waals surface area contributed by atoms with Gasteiger partial charge in [0.15, 0.2) is 11.6 Å². The van der Waals surface area contributed by atoms with E-state index >= 15 is 0 Å². The van der Waals surface area contributed by atoms with Gasteiger partial charge in [0.2, 0.25) is 5.91 Å². The minimum absolute atomic E-state index is 0.00711. The molecule has 15 heavy (non-hydrogen) atoms. The van der Waals surface area contributed by atoms with Crippen molar-refractivity contribution in [2.75, 3.05) is 6.61 Å². The molecule has 0 radical (unpaired) electrons. The first kappa shape index (κ1) is 11.5. The van der Waals surface area contributed by atoms with Crippen LogP contribution in [-0.2, 0) is 0 Å². The SMILES string of the molecule is C[C@H](O)COc1ccc(C(N)=O)cc1F. The van der Waals surface area contributed by atoms with Crippen molar-refractivity contribution in [1.82, 2.24) is 0 Å². The van der Waals surface area contributed by atoms with Crippen LogP contribution in [0.15, 0.2) is 18.2 Å². The Morgan fingerprint density at radius 1 is 1.67 bits per heavy atom. The van der Waals surface area contributed by atoms with Crippen LogP contribution < -0.4 is 10.5 Å². The Kier molecular flexibility index (Phi) is 3.62. The summed E-state index contributed by atoms with van der Waals surface area (Å²) in [6.07, 6.45) is -0.680. The van der Waals surface area contributed by atoms with E-state index in [0.717, 1.165) is 6.07 Å². The third-order valence-electron chi connectivity index (χ3n) is 1.70. The smallest absolute Gasteiger partial charge is 0.248 e.